The third-order valence-corrected chi connectivity index (χ3v) is 2.55. The molecule has 6 nitrogen and oxygen atoms in total. The second kappa shape index (κ2) is 4.52. The standard InChI is InChI=1S/C10H17N5O/c1-3-4-5-15-10-8(9(11)12-13-10)7(14-15)6-16-2/h3-6H2,1-2H3,(H3,11,12,13). The Kier molecular flexibility index (Phi) is 3.09. The number of ether oxygens (including phenoxy) is 1. The smallest absolute Gasteiger partial charge is 0.182 e. The highest BCUT2D eigenvalue weighted by Crippen LogP contribution is 2.22. The highest BCUT2D eigenvalue weighted by molar-refractivity contribution is 5.88. The number of aryl methyl sites for hydroxylation is 1. The Balaban J connectivity index is 2.41. The lowest BCUT2D eigenvalue weighted by molar-refractivity contribution is 0.181. The van der Waals surface area contributed by atoms with E-state index in [1.807, 2.05) is 4.68 Å². The molecule has 2 aromatic heterocycles. The Morgan fingerprint density at radius 1 is 1.50 bits per heavy atom. The van der Waals surface area contributed by atoms with Crippen LogP contribution in [0.15, 0.2) is 0 Å². The Morgan fingerprint density at radius 3 is 3.00 bits per heavy atom. The van der Waals surface area contributed by atoms with Crippen LogP contribution in [-0.4, -0.2) is 27.1 Å². The molecule has 3 N–H and O–H groups in total. The predicted octanol–water partition coefficient (Wildman–Crippen LogP) is 1.29. The van der Waals surface area contributed by atoms with Gasteiger partial charge in [-0.2, -0.15) is 10.2 Å². The maximum absolute atomic E-state index is 5.82. The number of aromatic nitrogens is 4. The number of nitrogens with one attached hydrogen (secondary N) is 1. The van der Waals surface area contributed by atoms with Gasteiger partial charge in [-0.05, 0) is 6.42 Å². The van der Waals surface area contributed by atoms with E-state index >= 15 is 0 Å². The number of nitrogen functional groups attached to an aromatic ring is 1. The van der Waals surface area contributed by atoms with Crippen LogP contribution in [0.4, 0.5) is 5.82 Å². The van der Waals surface area contributed by atoms with Gasteiger partial charge < -0.3 is 10.5 Å². The molecule has 0 saturated heterocycles. The fourth-order valence-electron chi connectivity index (χ4n) is 1.76. The van der Waals surface area contributed by atoms with E-state index in [0.29, 0.717) is 12.4 Å². The van der Waals surface area contributed by atoms with Crippen molar-refractivity contribution in [3.05, 3.63) is 5.69 Å². The van der Waals surface area contributed by atoms with Crippen LogP contribution in [-0.2, 0) is 17.9 Å². The summed E-state index contributed by atoms with van der Waals surface area (Å²) in [5.74, 6) is 0.560. The van der Waals surface area contributed by atoms with Crippen molar-refractivity contribution in [3.8, 4) is 0 Å². The van der Waals surface area contributed by atoms with Crippen LogP contribution in [0.3, 0.4) is 0 Å². The van der Waals surface area contributed by atoms with E-state index in [2.05, 4.69) is 22.2 Å². The molecule has 6 heteroatoms. The van der Waals surface area contributed by atoms with Crippen molar-refractivity contribution in [1.29, 1.82) is 0 Å². The predicted molar refractivity (Wildman–Crippen MR) is 61.9 cm³/mol. The molecule has 88 valence electrons. The first-order valence-corrected chi connectivity index (χ1v) is 5.46. The lowest BCUT2D eigenvalue weighted by Gasteiger charge is -1.99. The molecular weight excluding hydrogens is 206 g/mol. The van der Waals surface area contributed by atoms with Gasteiger partial charge in [0.15, 0.2) is 5.65 Å². The summed E-state index contributed by atoms with van der Waals surface area (Å²) in [5.41, 5.74) is 7.49. The Hall–Kier alpha value is -1.56. The normalized spacial score (nSPS) is 11.4. The molecule has 0 spiro atoms. The van der Waals surface area contributed by atoms with E-state index < -0.39 is 0 Å². The van der Waals surface area contributed by atoms with Gasteiger partial charge in [0.05, 0.1) is 12.0 Å². The van der Waals surface area contributed by atoms with Crippen molar-refractivity contribution in [2.24, 2.45) is 0 Å². The first kappa shape index (κ1) is 10.9. The quantitative estimate of drug-likeness (QED) is 0.800. The molecule has 0 atom stereocenters. The largest absolute Gasteiger partial charge is 0.383 e. The molecule has 0 saturated carbocycles. The van der Waals surface area contributed by atoms with Crippen molar-refractivity contribution in [3.63, 3.8) is 0 Å². The molecule has 0 fully saturated rings. The zero-order valence-electron chi connectivity index (χ0n) is 9.66. The molecule has 0 aromatic carbocycles. The van der Waals surface area contributed by atoms with E-state index in [1.165, 1.54) is 0 Å². The van der Waals surface area contributed by atoms with Gasteiger partial charge in [0, 0.05) is 13.7 Å². The second-order valence-electron chi connectivity index (χ2n) is 3.79. The van der Waals surface area contributed by atoms with Crippen LogP contribution in [0.25, 0.3) is 11.0 Å². The number of H-pyrrole nitrogens is 1. The molecule has 0 bridgehead atoms. The van der Waals surface area contributed by atoms with Gasteiger partial charge in [-0.25, -0.2) is 4.68 Å². The minimum absolute atomic E-state index is 0.458. The lowest BCUT2D eigenvalue weighted by Crippen LogP contribution is -2.02. The summed E-state index contributed by atoms with van der Waals surface area (Å²) in [6.45, 7) is 3.47. The molecule has 2 heterocycles. The third-order valence-electron chi connectivity index (χ3n) is 2.55. The molecule has 0 aliphatic heterocycles. The highest BCUT2D eigenvalue weighted by Gasteiger charge is 2.15. The van der Waals surface area contributed by atoms with Crippen molar-refractivity contribution < 1.29 is 4.74 Å². The van der Waals surface area contributed by atoms with Crippen molar-refractivity contribution in [1.82, 2.24) is 20.0 Å². The molecule has 2 rings (SSSR count). The van der Waals surface area contributed by atoms with Crippen LogP contribution in [0.1, 0.15) is 25.5 Å². The SMILES string of the molecule is CCCCn1nc(COC)c2c(N)[nH]nc21. The monoisotopic (exact) mass is 223 g/mol. The summed E-state index contributed by atoms with van der Waals surface area (Å²) >= 11 is 0. The molecule has 2 aromatic rings. The third kappa shape index (κ3) is 1.76. The fourth-order valence-corrected chi connectivity index (χ4v) is 1.76. The molecule has 0 aliphatic rings. The van der Waals surface area contributed by atoms with Crippen molar-refractivity contribution >= 4 is 16.9 Å². The highest BCUT2D eigenvalue weighted by atomic mass is 16.5. The number of hydrogen-bond donors (Lipinski definition) is 2. The molecular formula is C10H17N5O. The molecule has 0 amide bonds. The summed E-state index contributed by atoms with van der Waals surface area (Å²) in [5, 5.41) is 12.3. The van der Waals surface area contributed by atoms with E-state index in [4.69, 9.17) is 10.5 Å². The number of unbranched alkanes of at least 4 members (excludes halogenated alkanes) is 1. The molecule has 0 unspecified atom stereocenters. The number of fused-ring (bicyclic) bond motifs is 1. The summed E-state index contributed by atoms with van der Waals surface area (Å²) in [4.78, 5) is 0. The number of nitrogens with two attached hydrogens (primary N) is 1. The van der Waals surface area contributed by atoms with Gasteiger partial charge in [-0.3, -0.25) is 5.10 Å². The zero-order valence-corrected chi connectivity index (χ0v) is 9.66. The summed E-state index contributed by atoms with van der Waals surface area (Å²) in [7, 11) is 1.65. The van der Waals surface area contributed by atoms with E-state index in [0.717, 1.165) is 36.1 Å². The summed E-state index contributed by atoms with van der Waals surface area (Å²) in [6.07, 6.45) is 2.21. The number of aromatic amines is 1. The Bertz CT molecular complexity index is 473. The number of rotatable bonds is 5. The van der Waals surface area contributed by atoms with Gasteiger partial charge >= 0.3 is 0 Å². The average molecular weight is 223 g/mol. The van der Waals surface area contributed by atoms with Gasteiger partial charge in [-0.1, -0.05) is 13.3 Å². The number of nitrogens with zero attached hydrogens (tertiary/aromatic N) is 3. The first-order chi connectivity index (χ1) is 7.77. The van der Waals surface area contributed by atoms with Crippen molar-refractivity contribution in [2.45, 2.75) is 32.9 Å². The maximum Gasteiger partial charge on any atom is 0.182 e. The molecule has 16 heavy (non-hydrogen) atoms. The molecule has 0 radical (unpaired) electrons. The number of anilines is 1. The van der Waals surface area contributed by atoms with Crippen LogP contribution >= 0.6 is 0 Å². The zero-order chi connectivity index (χ0) is 11.5. The maximum atomic E-state index is 5.82. The van der Waals surface area contributed by atoms with Gasteiger partial charge in [0.25, 0.3) is 0 Å². The minimum atomic E-state index is 0.458. The van der Waals surface area contributed by atoms with Gasteiger partial charge in [0.2, 0.25) is 0 Å². The number of hydrogen-bond acceptors (Lipinski definition) is 4. The lowest BCUT2D eigenvalue weighted by atomic mass is 10.3. The minimum Gasteiger partial charge on any atom is -0.383 e. The van der Waals surface area contributed by atoms with Gasteiger partial charge in [0.1, 0.15) is 11.5 Å². The second-order valence-corrected chi connectivity index (χ2v) is 3.79. The van der Waals surface area contributed by atoms with Gasteiger partial charge in [-0.15, -0.1) is 0 Å². The van der Waals surface area contributed by atoms with E-state index in [-0.39, 0.29) is 0 Å². The van der Waals surface area contributed by atoms with Crippen LogP contribution < -0.4 is 5.73 Å². The molecule has 0 aliphatic carbocycles. The van der Waals surface area contributed by atoms with E-state index in [1.54, 1.807) is 7.11 Å². The summed E-state index contributed by atoms with van der Waals surface area (Å²) < 4.78 is 6.99. The average Bonchev–Trinajstić information content (AvgIpc) is 2.80. The summed E-state index contributed by atoms with van der Waals surface area (Å²) in [6, 6.07) is 0. The van der Waals surface area contributed by atoms with Crippen molar-refractivity contribution in [2.75, 3.05) is 12.8 Å². The Morgan fingerprint density at radius 2 is 2.31 bits per heavy atom. The Labute approximate surface area is 93.8 Å². The van der Waals surface area contributed by atoms with Crippen LogP contribution in [0.2, 0.25) is 0 Å². The topological polar surface area (TPSA) is 81.8 Å². The first-order valence-electron chi connectivity index (χ1n) is 5.46. The number of methoxy groups -OCH3 is 1. The fraction of sp³-hybridized carbons (Fsp3) is 0.600. The van der Waals surface area contributed by atoms with Crippen LogP contribution in [0, 0.1) is 0 Å². The van der Waals surface area contributed by atoms with Crippen LogP contribution in [0.5, 0.6) is 0 Å². The van der Waals surface area contributed by atoms with E-state index in [9.17, 15) is 0 Å².